The molecule has 6 heteroatoms. The molecular formula is C24H35FN2O3. The van der Waals surface area contributed by atoms with Crippen LogP contribution in [0.25, 0.3) is 0 Å². The molecule has 2 saturated heterocycles. The molecule has 3 aliphatic rings. The highest BCUT2D eigenvalue weighted by Crippen LogP contribution is 2.42. The van der Waals surface area contributed by atoms with Gasteiger partial charge in [-0.2, -0.15) is 0 Å². The van der Waals surface area contributed by atoms with Gasteiger partial charge in [-0.15, -0.1) is 0 Å². The highest BCUT2D eigenvalue weighted by atomic mass is 19.1. The zero-order chi connectivity index (χ0) is 21.3. The number of rotatable bonds is 4. The van der Waals surface area contributed by atoms with Gasteiger partial charge in [0, 0.05) is 31.2 Å². The van der Waals surface area contributed by atoms with E-state index in [1.54, 1.807) is 19.1 Å². The summed E-state index contributed by atoms with van der Waals surface area (Å²) in [6.45, 7) is 4.84. The normalized spacial score (nSPS) is 29.0. The molecule has 1 spiro atoms. The fourth-order valence-corrected chi connectivity index (χ4v) is 5.42. The Morgan fingerprint density at radius 1 is 1.27 bits per heavy atom. The lowest BCUT2D eigenvalue weighted by Crippen LogP contribution is -2.44. The van der Waals surface area contributed by atoms with Crippen LogP contribution in [0.1, 0.15) is 60.9 Å². The first kappa shape index (κ1) is 21.7. The number of carbonyl (C=O) groups is 1. The summed E-state index contributed by atoms with van der Waals surface area (Å²) >= 11 is 0. The van der Waals surface area contributed by atoms with E-state index in [1.807, 2.05) is 4.90 Å². The number of likely N-dealkylation sites (N-methyl/N-ethyl adjacent to an activating group) is 1. The van der Waals surface area contributed by atoms with E-state index in [-0.39, 0.29) is 29.3 Å². The molecule has 1 amide bonds. The van der Waals surface area contributed by atoms with E-state index in [1.165, 1.54) is 6.07 Å². The van der Waals surface area contributed by atoms with Crippen LogP contribution in [0.5, 0.6) is 0 Å². The van der Waals surface area contributed by atoms with Gasteiger partial charge in [0.2, 0.25) is 0 Å². The van der Waals surface area contributed by atoms with Crippen LogP contribution >= 0.6 is 0 Å². The lowest BCUT2D eigenvalue weighted by Gasteiger charge is -2.39. The predicted octanol–water partition coefficient (Wildman–Crippen LogP) is 3.38. The van der Waals surface area contributed by atoms with Crippen molar-refractivity contribution < 1.29 is 19.0 Å². The van der Waals surface area contributed by atoms with Crippen molar-refractivity contribution in [2.24, 2.45) is 5.41 Å². The highest BCUT2D eigenvalue weighted by molar-refractivity contribution is 5.94. The molecule has 1 aromatic rings. The monoisotopic (exact) mass is 418 g/mol. The molecule has 1 aromatic carbocycles. The minimum atomic E-state index is -0.321. The van der Waals surface area contributed by atoms with Crippen LogP contribution in [0.3, 0.4) is 0 Å². The van der Waals surface area contributed by atoms with E-state index in [2.05, 4.69) is 11.9 Å². The number of likely N-dealkylation sites (tertiary alicyclic amines) is 1. The van der Waals surface area contributed by atoms with Crippen LogP contribution < -0.4 is 0 Å². The predicted molar refractivity (Wildman–Crippen MR) is 114 cm³/mol. The Morgan fingerprint density at radius 3 is 2.63 bits per heavy atom. The van der Waals surface area contributed by atoms with Gasteiger partial charge in [0.25, 0.3) is 5.91 Å². The lowest BCUT2D eigenvalue weighted by molar-refractivity contribution is 0.0336. The Morgan fingerprint density at radius 2 is 1.97 bits per heavy atom. The van der Waals surface area contributed by atoms with Crippen molar-refractivity contribution in [1.29, 1.82) is 0 Å². The van der Waals surface area contributed by atoms with Gasteiger partial charge in [0.15, 0.2) is 0 Å². The standard InChI is InChI=1S/C24H35FN2O3/c1-17-3-4-18(13-22(17)25)23(29)27-11-9-24(10-12-27)14-21(30-16-24)15-26(2)19-5-7-20(28)8-6-19/h3-4,13,19-21,28H,5-12,14-16H2,1-2H3. The molecule has 2 aliphatic heterocycles. The molecule has 0 radical (unpaired) electrons. The largest absolute Gasteiger partial charge is 0.393 e. The van der Waals surface area contributed by atoms with Crippen LogP contribution in [0, 0.1) is 18.2 Å². The topological polar surface area (TPSA) is 53.0 Å². The molecule has 1 atom stereocenters. The van der Waals surface area contributed by atoms with E-state index >= 15 is 0 Å². The van der Waals surface area contributed by atoms with Gasteiger partial charge in [-0.25, -0.2) is 4.39 Å². The number of nitrogens with zero attached hydrogens (tertiary/aromatic N) is 2. The maximum atomic E-state index is 13.8. The number of amides is 1. The zero-order valence-electron chi connectivity index (χ0n) is 18.3. The number of ether oxygens (including phenoxy) is 1. The highest BCUT2D eigenvalue weighted by Gasteiger charge is 2.43. The molecule has 30 heavy (non-hydrogen) atoms. The number of hydrogen-bond donors (Lipinski definition) is 1. The van der Waals surface area contributed by atoms with Crippen LogP contribution in [0.4, 0.5) is 4.39 Å². The van der Waals surface area contributed by atoms with Crippen LogP contribution in [0.15, 0.2) is 18.2 Å². The molecule has 4 rings (SSSR count). The summed E-state index contributed by atoms with van der Waals surface area (Å²) in [5.74, 6) is -0.392. The molecular weight excluding hydrogens is 383 g/mol. The zero-order valence-corrected chi connectivity index (χ0v) is 18.3. The Balaban J connectivity index is 1.27. The summed E-state index contributed by atoms with van der Waals surface area (Å²) in [5.41, 5.74) is 1.17. The van der Waals surface area contributed by atoms with E-state index < -0.39 is 0 Å². The number of piperidine rings is 1. The molecule has 1 aliphatic carbocycles. The number of benzene rings is 1. The fourth-order valence-electron chi connectivity index (χ4n) is 5.42. The molecule has 2 heterocycles. The number of hydrogen-bond acceptors (Lipinski definition) is 4. The minimum absolute atomic E-state index is 0.0709. The average molecular weight is 419 g/mol. The third kappa shape index (κ3) is 4.71. The first-order valence-electron chi connectivity index (χ1n) is 11.4. The van der Waals surface area contributed by atoms with E-state index in [0.29, 0.717) is 30.3 Å². The molecule has 1 unspecified atom stereocenters. The summed E-state index contributed by atoms with van der Waals surface area (Å²) in [7, 11) is 2.18. The number of carbonyl (C=O) groups excluding carboxylic acids is 1. The SMILES string of the molecule is Cc1ccc(C(=O)N2CCC3(CC2)COC(CN(C)C2CCC(O)CC2)C3)cc1F. The second-order valence-electron chi connectivity index (χ2n) is 9.80. The van der Waals surface area contributed by atoms with Gasteiger partial charge in [0.1, 0.15) is 5.82 Å². The molecule has 5 nitrogen and oxygen atoms in total. The van der Waals surface area contributed by atoms with Gasteiger partial charge in [-0.3, -0.25) is 4.79 Å². The Bertz CT molecular complexity index is 755. The van der Waals surface area contributed by atoms with Gasteiger partial charge in [0.05, 0.1) is 18.8 Å². The molecule has 0 bridgehead atoms. The third-order valence-electron chi connectivity index (χ3n) is 7.60. The lowest BCUT2D eigenvalue weighted by atomic mass is 9.76. The summed E-state index contributed by atoms with van der Waals surface area (Å²) in [6, 6.07) is 5.30. The van der Waals surface area contributed by atoms with E-state index in [4.69, 9.17) is 4.74 Å². The van der Waals surface area contributed by atoms with Crippen molar-refractivity contribution >= 4 is 5.91 Å². The molecule has 3 fully saturated rings. The number of aliphatic hydroxyl groups is 1. The van der Waals surface area contributed by atoms with Gasteiger partial charge in [-0.1, -0.05) is 6.07 Å². The summed E-state index contributed by atoms with van der Waals surface area (Å²) in [4.78, 5) is 17.1. The summed E-state index contributed by atoms with van der Waals surface area (Å²) in [5, 5.41) is 9.73. The fraction of sp³-hybridized carbons (Fsp3) is 0.708. The van der Waals surface area contributed by atoms with Crippen molar-refractivity contribution in [1.82, 2.24) is 9.80 Å². The Kier molecular flexibility index (Phi) is 6.47. The second kappa shape index (κ2) is 8.93. The van der Waals surface area contributed by atoms with Gasteiger partial charge >= 0.3 is 0 Å². The molecule has 166 valence electrons. The smallest absolute Gasteiger partial charge is 0.253 e. The molecule has 0 aromatic heterocycles. The number of aliphatic hydroxyl groups excluding tert-OH is 1. The molecule has 1 N–H and O–H groups in total. The Labute approximate surface area is 179 Å². The van der Waals surface area contributed by atoms with Crippen LogP contribution in [0.2, 0.25) is 0 Å². The third-order valence-corrected chi connectivity index (χ3v) is 7.60. The van der Waals surface area contributed by atoms with Crippen molar-refractivity contribution in [3.05, 3.63) is 35.1 Å². The molecule has 1 saturated carbocycles. The minimum Gasteiger partial charge on any atom is -0.393 e. The van der Waals surface area contributed by atoms with E-state index in [0.717, 1.165) is 58.1 Å². The first-order chi connectivity index (χ1) is 14.3. The second-order valence-corrected chi connectivity index (χ2v) is 9.80. The van der Waals surface area contributed by atoms with Gasteiger partial charge in [-0.05, 0) is 82.0 Å². The average Bonchev–Trinajstić information content (AvgIpc) is 3.12. The van der Waals surface area contributed by atoms with Crippen molar-refractivity contribution in [2.45, 2.75) is 70.1 Å². The summed E-state index contributed by atoms with van der Waals surface area (Å²) < 4.78 is 20.0. The quantitative estimate of drug-likeness (QED) is 0.815. The van der Waals surface area contributed by atoms with Crippen molar-refractivity contribution in [2.75, 3.05) is 33.3 Å². The van der Waals surface area contributed by atoms with E-state index in [9.17, 15) is 14.3 Å². The van der Waals surface area contributed by atoms with Crippen molar-refractivity contribution in [3.63, 3.8) is 0 Å². The maximum Gasteiger partial charge on any atom is 0.253 e. The number of aryl methyl sites for hydroxylation is 1. The van der Waals surface area contributed by atoms with Crippen LogP contribution in [-0.4, -0.2) is 72.4 Å². The van der Waals surface area contributed by atoms with Gasteiger partial charge < -0.3 is 19.6 Å². The Hall–Kier alpha value is -1.50. The summed E-state index contributed by atoms with van der Waals surface area (Å²) in [6.07, 6.45) is 7.00. The first-order valence-corrected chi connectivity index (χ1v) is 11.4. The van der Waals surface area contributed by atoms with Crippen LogP contribution in [-0.2, 0) is 4.74 Å². The maximum absolute atomic E-state index is 13.8. The van der Waals surface area contributed by atoms with Crippen molar-refractivity contribution in [3.8, 4) is 0 Å². The number of halogens is 1.